The molecule has 2 atom stereocenters. The van der Waals surface area contributed by atoms with E-state index in [9.17, 15) is 0 Å². The number of rotatable bonds is 2. The Morgan fingerprint density at radius 1 is 1.21 bits per heavy atom. The van der Waals surface area contributed by atoms with E-state index in [0.717, 1.165) is 29.9 Å². The number of aryl methyl sites for hydroxylation is 1. The molecule has 3 heteroatoms. The lowest BCUT2D eigenvalue weighted by atomic mass is 9.75. The highest BCUT2D eigenvalue weighted by Crippen LogP contribution is 2.37. The molecule has 1 aliphatic carbocycles. The van der Waals surface area contributed by atoms with Crippen LogP contribution in [0.15, 0.2) is 12.1 Å². The van der Waals surface area contributed by atoms with E-state index < -0.39 is 0 Å². The minimum Gasteiger partial charge on any atom is -0.356 e. The number of hydrogen-bond acceptors (Lipinski definition) is 3. The summed E-state index contributed by atoms with van der Waals surface area (Å²) < 4.78 is 0. The molecule has 2 unspecified atom stereocenters. The number of hydrogen-bond donors (Lipinski definition) is 1. The number of nitrogens with two attached hydrogens (primary N) is 1. The van der Waals surface area contributed by atoms with E-state index in [4.69, 9.17) is 10.7 Å². The molecule has 0 aromatic carbocycles. The van der Waals surface area contributed by atoms with Crippen LogP contribution in [0.3, 0.4) is 0 Å². The fourth-order valence-electron chi connectivity index (χ4n) is 3.80. The molecule has 104 valence electrons. The highest BCUT2D eigenvalue weighted by molar-refractivity contribution is 5.48. The number of anilines is 1. The summed E-state index contributed by atoms with van der Waals surface area (Å²) in [6.45, 7) is 5.00. The second kappa shape index (κ2) is 5.49. The monoisotopic (exact) mass is 259 g/mol. The second-order valence-corrected chi connectivity index (χ2v) is 6.18. The number of fused-ring (bicyclic) bond motifs is 1. The molecule has 19 heavy (non-hydrogen) atoms. The summed E-state index contributed by atoms with van der Waals surface area (Å²) in [6, 6.07) is 4.21. The molecule has 0 spiro atoms. The normalized spacial score (nSPS) is 27.2. The van der Waals surface area contributed by atoms with Crippen molar-refractivity contribution in [3.05, 3.63) is 23.4 Å². The van der Waals surface area contributed by atoms with Crippen LogP contribution in [0.2, 0.25) is 0 Å². The first-order chi connectivity index (χ1) is 9.28. The van der Waals surface area contributed by atoms with Gasteiger partial charge >= 0.3 is 0 Å². The first-order valence-electron chi connectivity index (χ1n) is 7.69. The molecule has 2 heterocycles. The summed E-state index contributed by atoms with van der Waals surface area (Å²) in [5, 5.41) is 0. The topological polar surface area (TPSA) is 42.1 Å². The largest absolute Gasteiger partial charge is 0.356 e. The number of nitrogens with zero attached hydrogens (tertiary/aromatic N) is 2. The summed E-state index contributed by atoms with van der Waals surface area (Å²) in [7, 11) is 0. The van der Waals surface area contributed by atoms with Gasteiger partial charge in [-0.25, -0.2) is 4.98 Å². The Bertz CT molecular complexity index is 444. The van der Waals surface area contributed by atoms with Crippen LogP contribution in [0.25, 0.3) is 0 Å². The van der Waals surface area contributed by atoms with Gasteiger partial charge in [0.05, 0.1) is 0 Å². The number of aromatic nitrogens is 1. The zero-order valence-electron chi connectivity index (χ0n) is 11.9. The van der Waals surface area contributed by atoms with Gasteiger partial charge in [-0.2, -0.15) is 0 Å². The van der Waals surface area contributed by atoms with Crippen LogP contribution in [0.4, 0.5) is 5.82 Å². The molecule has 2 aliphatic rings. The van der Waals surface area contributed by atoms with Gasteiger partial charge in [0.1, 0.15) is 5.82 Å². The van der Waals surface area contributed by atoms with Crippen LogP contribution in [0.1, 0.15) is 43.4 Å². The molecule has 0 radical (unpaired) electrons. The van der Waals surface area contributed by atoms with Gasteiger partial charge in [-0.05, 0) is 37.7 Å². The molecule has 0 amide bonds. The predicted molar refractivity (Wildman–Crippen MR) is 79.1 cm³/mol. The average Bonchev–Trinajstić information content (AvgIpc) is 2.46. The molecular formula is C16H25N3. The van der Waals surface area contributed by atoms with E-state index in [1.165, 1.54) is 44.2 Å². The molecule has 2 fully saturated rings. The average molecular weight is 259 g/mol. The van der Waals surface area contributed by atoms with Gasteiger partial charge in [0, 0.05) is 30.9 Å². The Hall–Kier alpha value is -1.09. The van der Waals surface area contributed by atoms with E-state index in [1.807, 2.05) is 0 Å². The van der Waals surface area contributed by atoms with Crippen molar-refractivity contribution in [2.24, 2.45) is 17.6 Å². The molecule has 1 aromatic rings. The Morgan fingerprint density at radius 2 is 2.00 bits per heavy atom. The van der Waals surface area contributed by atoms with E-state index in [1.54, 1.807) is 0 Å². The molecule has 1 aliphatic heterocycles. The zero-order valence-corrected chi connectivity index (χ0v) is 11.9. The molecular weight excluding hydrogens is 234 g/mol. The van der Waals surface area contributed by atoms with Crippen molar-refractivity contribution in [3.63, 3.8) is 0 Å². The zero-order chi connectivity index (χ0) is 13.2. The third kappa shape index (κ3) is 2.62. The molecule has 1 aromatic heterocycles. The lowest BCUT2D eigenvalue weighted by Gasteiger charge is -2.42. The van der Waals surface area contributed by atoms with E-state index in [2.05, 4.69) is 24.0 Å². The quantitative estimate of drug-likeness (QED) is 0.888. The summed E-state index contributed by atoms with van der Waals surface area (Å²) in [5.41, 5.74) is 8.16. The lowest BCUT2D eigenvalue weighted by Crippen LogP contribution is -2.42. The van der Waals surface area contributed by atoms with E-state index in [0.29, 0.717) is 6.54 Å². The first kappa shape index (κ1) is 12.9. The lowest BCUT2D eigenvalue weighted by molar-refractivity contribution is 0.202. The summed E-state index contributed by atoms with van der Waals surface area (Å²) >= 11 is 0. The highest BCUT2D eigenvalue weighted by atomic mass is 15.2. The summed E-state index contributed by atoms with van der Waals surface area (Å²) in [6.07, 6.45) is 7.05. The van der Waals surface area contributed by atoms with Gasteiger partial charge in [-0.1, -0.05) is 25.3 Å². The predicted octanol–water partition coefficient (Wildman–Crippen LogP) is 2.87. The van der Waals surface area contributed by atoms with Crippen LogP contribution in [0.5, 0.6) is 0 Å². The smallest absolute Gasteiger partial charge is 0.133 e. The van der Waals surface area contributed by atoms with Crippen LogP contribution in [-0.4, -0.2) is 18.1 Å². The minimum atomic E-state index is 0.590. The Morgan fingerprint density at radius 3 is 2.79 bits per heavy atom. The van der Waals surface area contributed by atoms with Crippen molar-refractivity contribution in [1.82, 2.24) is 4.98 Å². The molecule has 1 saturated carbocycles. The fourth-order valence-corrected chi connectivity index (χ4v) is 3.80. The van der Waals surface area contributed by atoms with Crippen molar-refractivity contribution in [2.45, 2.75) is 45.6 Å². The van der Waals surface area contributed by atoms with Gasteiger partial charge in [-0.3, -0.25) is 0 Å². The fraction of sp³-hybridized carbons (Fsp3) is 0.688. The van der Waals surface area contributed by atoms with Crippen LogP contribution < -0.4 is 10.6 Å². The van der Waals surface area contributed by atoms with Gasteiger partial charge in [0.2, 0.25) is 0 Å². The maximum absolute atomic E-state index is 5.87. The second-order valence-electron chi connectivity index (χ2n) is 6.18. The van der Waals surface area contributed by atoms with Crippen LogP contribution in [0, 0.1) is 18.8 Å². The van der Waals surface area contributed by atoms with Crippen molar-refractivity contribution >= 4 is 5.82 Å². The molecule has 3 nitrogen and oxygen atoms in total. The maximum atomic E-state index is 5.87. The number of piperidine rings is 1. The van der Waals surface area contributed by atoms with Crippen molar-refractivity contribution in [2.75, 3.05) is 18.0 Å². The van der Waals surface area contributed by atoms with Gasteiger partial charge in [0.15, 0.2) is 0 Å². The maximum Gasteiger partial charge on any atom is 0.133 e. The molecule has 2 N–H and O–H groups in total. The molecule has 0 bridgehead atoms. The summed E-state index contributed by atoms with van der Waals surface area (Å²) in [5.74, 6) is 3.00. The Labute approximate surface area is 116 Å². The number of pyridine rings is 1. The highest BCUT2D eigenvalue weighted by Gasteiger charge is 2.32. The minimum absolute atomic E-state index is 0.590. The van der Waals surface area contributed by atoms with Gasteiger partial charge in [0.25, 0.3) is 0 Å². The summed E-state index contributed by atoms with van der Waals surface area (Å²) in [4.78, 5) is 7.24. The third-order valence-electron chi connectivity index (χ3n) is 4.91. The molecule has 3 rings (SSSR count). The van der Waals surface area contributed by atoms with Crippen molar-refractivity contribution in [1.29, 1.82) is 0 Å². The van der Waals surface area contributed by atoms with Crippen LogP contribution in [-0.2, 0) is 6.54 Å². The SMILES string of the molecule is Cc1ccc(CN)c(N2CCC3CCCCC3C2)n1. The van der Waals surface area contributed by atoms with Crippen molar-refractivity contribution < 1.29 is 0 Å². The third-order valence-corrected chi connectivity index (χ3v) is 4.91. The van der Waals surface area contributed by atoms with Gasteiger partial charge < -0.3 is 10.6 Å². The standard InChI is InChI=1S/C16H25N3/c1-12-6-7-14(10-17)16(18-12)19-9-8-13-4-2-3-5-15(13)11-19/h6-7,13,15H,2-5,8-11,17H2,1H3. The Balaban J connectivity index is 1.80. The van der Waals surface area contributed by atoms with Crippen LogP contribution >= 0.6 is 0 Å². The molecule has 1 saturated heterocycles. The van der Waals surface area contributed by atoms with Gasteiger partial charge in [-0.15, -0.1) is 0 Å². The van der Waals surface area contributed by atoms with E-state index >= 15 is 0 Å². The Kier molecular flexibility index (Phi) is 3.74. The first-order valence-corrected chi connectivity index (χ1v) is 7.69. The van der Waals surface area contributed by atoms with Crippen molar-refractivity contribution in [3.8, 4) is 0 Å². The van der Waals surface area contributed by atoms with E-state index in [-0.39, 0.29) is 0 Å².